The Bertz CT molecular complexity index is 1040. The number of hydrogen-bond donors (Lipinski definition) is 0. The largest absolute Gasteiger partial charge is 0.370 e. The maximum atomic E-state index is 13.7. The minimum Gasteiger partial charge on any atom is -0.370 e. The lowest BCUT2D eigenvalue weighted by molar-refractivity contribution is -0.125. The van der Waals surface area contributed by atoms with Crippen molar-refractivity contribution < 1.29 is 13.9 Å². The number of amides is 1. The highest BCUT2D eigenvalue weighted by Crippen LogP contribution is 2.33. The zero-order chi connectivity index (χ0) is 19.8. The van der Waals surface area contributed by atoms with Crippen molar-refractivity contribution in [2.24, 2.45) is 0 Å². The van der Waals surface area contributed by atoms with Gasteiger partial charge >= 0.3 is 0 Å². The Morgan fingerprint density at radius 1 is 1.21 bits per heavy atom. The fraction of sp³-hybridized carbons (Fsp3) is 0.381. The summed E-state index contributed by atoms with van der Waals surface area (Å²) in [6.45, 7) is 2.51. The molecule has 0 saturated carbocycles. The van der Waals surface area contributed by atoms with Crippen LogP contribution in [0.2, 0.25) is 0 Å². The van der Waals surface area contributed by atoms with Crippen LogP contribution in [-0.2, 0) is 9.53 Å². The number of alkyl halides is 1. The van der Waals surface area contributed by atoms with Gasteiger partial charge in [-0.3, -0.25) is 4.79 Å². The molecule has 150 valence electrons. The average molecular weight is 412 g/mol. The Hall–Kier alpha value is -2.58. The SMILES string of the molecule is O=C1COCCN1c1ccc2nc(-c3ccc(N4CCC[C@@H](F)C4)nc3)sc2c1. The minimum absolute atomic E-state index is 0.0200. The van der Waals surface area contributed by atoms with E-state index < -0.39 is 6.17 Å². The first-order valence-electron chi connectivity index (χ1n) is 9.81. The fourth-order valence-corrected chi connectivity index (χ4v) is 4.82. The summed E-state index contributed by atoms with van der Waals surface area (Å²) < 4.78 is 19.9. The van der Waals surface area contributed by atoms with Gasteiger partial charge in [0.1, 0.15) is 23.6 Å². The van der Waals surface area contributed by atoms with Crippen molar-refractivity contribution in [2.75, 3.05) is 42.6 Å². The van der Waals surface area contributed by atoms with Crippen LogP contribution in [-0.4, -0.2) is 54.9 Å². The summed E-state index contributed by atoms with van der Waals surface area (Å²) in [5.74, 6) is 0.790. The van der Waals surface area contributed by atoms with Gasteiger partial charge in [-0.2, -0.15) is 0 Å². The number of fused-ring (bicyclic) bond motifs is 1. The van der Waals surface area contributed by atoms with Crippen LogP contribution in [0.15, 0.2) is 36.5 Å². The molecule has 8 heteroatoms. The van der Waals surface area contributed by atoms with E-state index in [0.717, 1.165) is 45.3 Å². The molecule has 29 heavy (non-hydrogen) atoms. The number of benzene rings is 1. The van der Waals surface area contributed by atoms with E-state index in [1.54, 1.807) is 22.4 Å². The Morgan fingerprint density at radius 3 is 2.93 bits per heavy atom. The summed E-state index contributed by atoms with van der Waals surface area (Å²) >= 11 is 1.58. The van der Waals surface area contributed by atoms with Crippen LogP contribution in [0.5, 0.6) is 0 Å². The van der Waals surface area contributed by atoms with Crippen molar-refractivity contribution in [2.45, 2.75) is 19.0 Å². The molecule has 3 aromatic rings. The monoisotopic (exact) mass is 412 g/mol. The van der Waals surface area contributed by atoms with E-state index in [9.17, 15) is 9.18 Å². The number of carbonyl (C=O) groups is 1. The molecule has 0 spiro atoms. The maximum Gasteiger partial charge on any atom is 0.253 e. The summed E-state index contributed by atoms with van der Waals surface area (Å²) in [5, 5.41) is 0.881. The third kappa shape index (κ3) is 3.70. The molecule has 2 aliphatic rings. The van der Waals surface area contributed by atoms with Crippen molar-refractivity contribution in [3.63, 3.8) is 0 Å². The molecule has 6 nitrogen and oxygen atoms in total. The number of ether oxygens (including phenoxy) is 1. The highest BCUT2D eigenvalue weighted by molar-refractivity contribution is 7.21. The second-order valence-electron chi connectivity index (χ2n) is 7.36. The normalized spacial score (nSPS) is 20.4. The number of carbonyl (C=O) groups excluding carboxylic acids is 1. The number of thiazole rings is 1. The number of halogens is 1. The molecule has 0 aliphatic carbocycles. The van der Waals surface area contributed by atoms with E-state index >= 15 is 0 Å². The highest BCUT2D eigenvalue weighted by atomic mass is 32.1. The second kappa shape index (κ2) is 7.68. The zero-order valence-corrected chi connectivity index (χ0v) is 16.7. The lowest BCUT2D eigenvalue weighted by atomic mass is 10.1. The minimum atomic E-state index is -0.776. The maximum absolute atomic E-state index is 13.7. The predicted molar refractivity (Wildman–Crippen MR) is 112 cm³/mol. The van der Waals surface area contributed by atoms with Gasteiger partial charge in [0.2, 0.25) is 0 Å². The highest BCUT2D eigenvalue weighted by Gasteiger charge is 2.22. The standard InChI is InChI=1S/C21H21FN4O2S/c22-15-2-1-7-25(12-15)19-6-3-14(11-23-19)21-24-17-5-4-16(10-18(17)29-21)26-8-9-28-13-20(26)27/h3-6,10-11,15H,1-2,7-9,12-13H2/t15-/m1/s1. The number of pyridine rings is 1. The zero-order valence-electron chi connectivity index (χ0n) is 15.9. The third-order valence-electron chi connectivity index (χ3n) is 5.35. The summed E-state index contributed by atoms with van der Waals surface area (Å²) in [7, 11) is 0. The summed E-state index contributed by atoms with van der Waals surface area (Å²) in [5.41, 5.74) is 2.71. The Balaban J connectivity index is 1.39. The molecule has 2 saturated heterocycles. The lowest BCUT2D eigenvalue weighted by Gasteiger charge is -2.29. The predicted octanol–water partition coefficient (Wildman–Crippen LogP) is 3.66. The Morgan fingerprint density at radius 2 is 2.14 bits per heavy atom. The molecule has 1 atom stereocenters. The molecule has 0 N–H and O–H groups in total. The van der Waals surface area contributed by atoms with Crippen molar-refractivity contribution >= 4 is 39.0 Å². The van der Waals surface area contributed by atoms with Crippen LogP contribution in [0, 0.1) is 0 Å². The second-order valence-corrected chi connectivity index (χ2v) is 8.39. The molecule has 5 rings (SSSR count). The molecule has 1 amide bonds. The number of hydrogen-bond acceptors (Lipinski definition) is 6. The summed E-state index contributed by atoms with van der Waals surface area (Å²) in [6, 6.07) is 9.83. The van der Waals surface area contributed by atoms with Crippen molar-refractivity contribution in [3.8, 4) is 10.6 Å². The van der Waals surface area contributed by atoms with Gasteiger partial charge < -0.3 is 14.5 Å². The quantitative estimate of drug-likeness (QED) is 0.657. The number of piperidine rings is 1. The number of nitrogens with zero attached hydrogens (tertiary/aromatic N) is 4. The fourth-order valence-electron chi connectivity index (χ4n) is 3.83. The molecule has 0 unspecified atom stereocenters. The van der Waals surface area contributed by atoms with E-state index in [4.69, 9.17) is 9.72 Å². The number of aromatic nitrogens is 2. The van der Waals surface area contributed by atoms with E-state index in [1.807, 2.05) is 35.2 Å². The van der Waals surface area contributed by atoms with Crippen LogP contribution < -0.4 is 9.80 Å². The third-order valence-corrected chi connectivity index (χ3v) is 6.42. The van der Waals surface area contributed by atoms with Gasteiger partial charge in [0.15, 0.2) is 0 Å². The first kappa shape index (κ1) is 18.4. The Kier molecular flexibility index (Phi) is 4.89. The van der Waals surface area contributed by atoms with Gasteiger partial charge in [0.05, 0.1) is 23.4 Å². The van der Waals surface area contributed by atoms with Crippen LogP contribution >= 0.6 is 11.3 Å². The van der Waals surface area contributed by atoms with Crippen molar-refractivity contribution in [3.05, 3.63) is 36.5 Å². The lowest BCUT2D eigenvalue weighted by Crippen LogP contribution is -2.41. The molecule has 1 aromatic carbocycles. The first-order chi connectivity index (χ1) is 14.2. The van der Waals surface area contributed by atoms with E-state index in [2.05, 4.69) is 4.98 Å². The molecule has 2 aliphatic heterocycles. The molecule has 0 bridgehead atoms. The summed E-state index contributed by atoms with van der Waals surface area (Å²) in [6.07, 6.45) is 2.53. The number of rotatable bonds is 3. The molecule has 0 radical (unpaired) electrons. The van der Waals surface area contributed by atoms with E-state index in [0.29, 0.717) is 26.1 Å². The molecular weight excluding hydrogens is 391 g/mol. The smallest absolute Gasteiger partial charge is 0.253 e. The molecule has 2 aromatic heterocycles. The van der Waals surface area contributed by atoms with Gasteiger partial charge in [0.25, 0.3) is 5.91 Å². The topological polar surface area (TPSA) is 58.6 Å². The van der Waals surface area contributed by atoms with Gasteiger partial charge in [-0.1, -0.05) is 0 Å². The number of morpholine rings is 1. The van der Waals surface area contributed by atoms with Crippen molar-refractivity contribution in [1.29, 1.82) is 0 Å². The van der Waals surface area contributed by atoms with E-state index in [-0.39, 0.29) is 12.5 Å². The van der Waals surface area contributed by atoms with Crippen LogP contribution in [0.3, 0.4) is 0 Å². The summed E-state index contributed by atoms with van der Waals surface area (Å²) in [4.78, 5) is 25.1. The van der Waals surface area contributed by atoms with Gasteiger partial charge in [-0.25, -0.2) is 14.4 Å². The van der Waals surface area contributed by atoms with E-state index in [1.165, 1.54) is 0 Å². The molecule has 4 heterocycles. The first-order valence-corrected chi connectivity index (χ1v) is 10.6. The average Bonchev–Trinajstić information content (AvgIpc) is 3.18. The van der Waals surface area contributed by atoms with Crippen LogP contribution in [0.1, 0.15) is 12.8 Å². The molecule has 2 fully saturated rings. The van der Waals surface area contributed by atoms with Gasteiger partial charge in [-0.05, 0) is 43.2 Å². The van der Waals surface area contributed by atoms with Crippen molar-refractivity contribution in [1.82, 2.24) is 9.97 Å². The Labute approximate surface area is 171 Å². The molecular formula is C21H21FN4O2S. The van der Waals surface area contributed by atoms with Crippen LogP contribution in [0.25, 0.3) is 20.8 Å². The van der Waals surface area contributed by atoms with Gasteiger partial charge in [-0.15, -0.1) is 11.3 Å². The van der Waals surface area contributed by atoms with Gasteiger partial charge in [0, 0.05) is 30.5 Å². The van der Waals surface area contributed by atoms with Crippen LogP contribution in [0.4, 0.5) is 15.9 Å². The number of anilines is 2.